The molecule has 2 amide bonds. The molecule has 0 bridgehead atoms. The van der Waals surface area contributed by atoms with E-state index < -0.39 is 0 Å². The second-order valence-electron chi connectivity index (χ2n) is 8.72. The summed E-state index contributed by atoms with van der Waals surface area (Å²) in [6, 6.07) is 16.4. The van der Waals surface area contributed by atoms with Crippen LogP contribution < -0.4 is 5.32 Å². The van der Waals surface area contributed by atoms with Crippen molar-refractivity contribution in [3.05, 3.63) is 70.7 Å². The van der Waals surface area contributed by atoms with Crippen LogP contribution in [0.4, 0.5) is 0 Å². The first-order valence-electron chi connectivity index (χ1n) is 11.3. The molecule has 2 saturated heterocycles. The molecule has 7 nitrogen and oxygen atoms in total. The SMILES string of the molecule is O=C(c1ccc2nc(-c3ccccc3)sc2c1)N1CC(NC2CCN(C(=O)c3nccs3)C2)C1. The first-order valence-corrected chi connectivity index (χ1v) is 13.0. The summed E-state index contributed by atoms with van der Waals surface area (Å²) in [7, 11) is 0. The van der Waals surface area contributed by atoms with Crippen molar-refractivity contribution in [3.8, 4) is 10.6 Å². The van der Waals surface area contributed by atoms with E-state index in [1.54, 1.807) is 17.5 Å². The molecule has 4 heterocycles. The van der Waals surface area contributed by atoms with E-state index in [2.05, 4.69) is 22.4 Å². The van der Waals surface area contributed by atoms with Gasteiger partial charge in [0, 0.05) is 61.0 Å². The van der Waals surface area contributed by atoms with Crippen LogP contribution in [0.5, 0.6) is 0 Å². The Morgan fingerprint density at radius 3 is 2.59 bits per heavy atom. The molecule has 6 rings (SSSR count). The highest BCUT2D eigenvalue weighted by Gasteiger charge is 2.35. The van der Waals surface area contributed by atoms with Crippen molar-refractivity contribution in [2.75, 3.05) is 26.2 Å². The van der Waals surface area contributed by atoms with Crippen LogP contribution in [0.2, 0.25) is 0 Å². The molecule has 1 N–H and O–H groups in total. The Morgan fingerprint density at radius 1 is 0.971 bits per heavy atom. The smallest absolute Gasteiger partial charge is 0.282 e. The number of nitrogens with zero attached hydrogens (tertiary/aromatic N) is 4. The largest absolute Gasteiger partial charge is 0.335 e. The quantitative estimate of drug-likeness (QED) is 0.462. The van der Waals surface area contributed by atoms with Crippen LogP contribution >= 0.6 is 22.7 Å². The number of amides is 2. The van der Waals surface area contributed by atoms with E-state index >= 15 is 0 Å². The molecule has 2 aromatic heterocycles. The molecule has 2 aliphatic heterocycles. The van der Waals surface area contributed by atoms with Gasteiger partial charge in [0.2, 0.25) is 0 Å². The Labute approximate surface area is 205 Å². The molecule has 4 aromatic rings. The van der Waals surface area contributed by atoms with Crippen LogP contribution in [0.15, 0.2) is 60.1 Å². The lowest BCUT2D eigenvalue weighted by Crippen LogP contribution is -2.62. The molecule has 1 unspecified atom stereocenters. The molecule has 1 atom stereocenters. The third kappa shape index (κ3) is 4.11. The summed E-state index contributed by atoms with van der Waals surface area (Å²) >= 11 is 2.99. The number of thiazole rings is 2. The first-order chi connectivity index (χ1) is 16.6. The van der Waals surface area contributed by atoms with Gasteiger partial charge in [-0.1, -0.05) is 30.3 Å². The first kappa shape index (κ1) is 21.4. The number of hydrogen-bond donors (Lipinski definition) is 1. The van der Waals surface area contributed by atoms with Gasteiger partial charge in [-0.3, -0.25) is 9.59 Å². The minimum atomic E-state index is 0.0126. The maximum atomic E-state index is 13.0. The minimum Gasteiger partial charge on any atom is -0.335 e. The predicted octanol–water partition coefficient (Wildman–Crippen LogP) is 3.75. The van der Waals surface area contributed by atoms with Crippen molar-refractivity contribution < 1.29 is 9.59 Å². The molecular formula is C25H23N5O2S2. The van der Waals surface area contributed by atoms with Crippen molar-refractivity contribution in [3.63, 3.8) is 0 Å². The highest BCUT2D eigenvalue weighted by atomic mass is 32.1. The molecule has 34 heavy (non-hydrogen) atoms. The number of carbonyl (C=O) groups is 2. The Kier molecular flexibility index (Phi) is 5.60. The Balaban J connectivity index is 1.04. The van der Waals surface area contributed by atoms with Gasteiger partial charge >= 0.3 is 0 Å². The van der Waals surface area contributed by atoms with E-state index in [4.69, 9.17) is 4.98 Å². The molecule has 9 heteroatoms. The molecule has 172 valence electrons. The summed E-state index contributed by atoms with van der Waals surface area (Å²) in [6.07, 6.45) is 2.59. The number of likely N-dealkylation sites (tertiary alicyclic amines) is 2. The third-order valence-corrected chi connectivity index (χ3v) is 8.22. The Hall–Kier alpha value is -3.14. The zero-order valence-corrected chi connectivity index (χ0v) is 20.0. The van der Waals surface area contributed by atoms with Crippen molar-refractivity contribution in [1.29, 1.82) is 0 Å². The monoisotopic (exact) mass is 489 g/mol. The standard InChI is InChI=1S/C25H23N5O2S2/c31-24(17-6-7-20-21(12-17)34-22(28-20)16-4-2-1-3-5-16)30-14-19(15-30)27-18-8-10-29(13-18)25(32)23-26-9-11-33-23/h1-7,9,11-12,18-19,27H,8,10,13-15H2. The topological polar surface area (TPSA) is 78.4 Å². The maximum Gasteiger partial charge on any atom is 0.282 e. The number of aromatic nitrogens is 2. The Bertz CT molecular complexity index is 1330. The van der Waals surface area contributed by atoms with E-state index in [-0.39, 0.29) is 23.9 Å². The summed E-state index contributed by atoms with van der Waals surface area (Å²) in [5, 5.41) is 6.96. The average Bonchev–Trinajstić information content (AvgIpc) is 3.61. The van der Waals surface area contributed by atoms with Gasteiger partial charge < -0.3 is 15.1 Å². The second-order valence-corrected chi connectivity index (χ2v) is 10.6. The van der Waals surface area contributed by atoms with Crippen molar-refractivity contribution in [1.82, 2.24) is 25.1 Å². The van der Waals surface area contributed by atoms with E-state index in [1.807, 2.05) is 51.6 Å². The molecule has 2 aliphatic rings. The highest BCUT2D eigenvalue weighted by molar-refractivity contribution is 7.21. The van der Waals surface area contributed by atoms with Crippen LogP contribution in [-0.2, 0) is 0 Å². The van der Waals surface area contributed by atoms with Crippen LogP contribution in [0, 0.1) is 0 Å². The van der Waals surface area contributed by atoms with Gasteiger partial charge in [-0.15, -0.1) is 22.7 Å². The second kappa shape index (κ2) is 8.90. The van der Waals surface area contributed by atoms with Gasteiger partial charge in [-0.2, -0.15) is 0 Å². The average molecular weight is 490 g/mol. The van der Waals surface area contributed by atoms with Gasteiger partial charge in [-0.05, 0) is 24.6 Å². The predicted molar refractivity (Wildman–Crippen MR) is 134 cm³/mol. The number of rotatable bonds is 5. The lowest BCUT2D eigenvalue weighted by Gasteiger charge is -2.41. The van der Waals surface area contributed by atoms with Gasteiger partial charge in [0.15, 0.2) is 5.01 Å². The summed E-state index contributed by atoms with van der Waals surface area (Å²) in [5.41, 5.74) is 2.71. The number of carbonyl (C=O) groups excluding carboxylic acids is 2. The maximum absolute atomic E-state index is 13.0. The molecule has 0 spiro atoms. The van der Waals surface area contributed by atoms with E-state index in [9.17, 15) is 9.59 Å². The lowest BCUT2D eigenvalue weighted by atomic mass is 10.0. The number of benzene rings is 2. The van der Waals surface area contributed by atoms with Crippen molar-refractivity contribution in [2.45, 2.75) is 18.5 Å². The highest BCUT2D eigenvalue weighted by Crippen LogP contribution is 2.31. The summed E-state index contributed by atoms with van der Waals surface area (Å²) in [6.45, 7) is 2.80. The molecular weight excluding hydrogens is 466 g/mol. The molecule has 2 aromatic carbocycles. The van der Waals surface area contributed by atoms with Crippen LogP contribution in [-0.4, -0.2) is 69.8 Å². The lowest BCUT2D eigenvalue weighted by molar-refractivity contribution is 0.0553. The molecule has 0 radical (unpaired) electrons. The molecule has 0 aliphatic carbocycles. The summed E-state index contributed by atoms with van der Waals surface area (Å²) in [4.78, 5) is 38.1. The zero-order chi connectivity index (χ0) is 23.1. The van der Waals surface area contributed by atoms with Crippen LogP contribution in [0.25, 0.3) is 20.8 Å². The number of hydrogen-bond acceptors (Lipinski definition) is 7. The fourth-order valence-corrected chi connectivity index (χ4v) is 6.19. The Morgan fingerprint density at radius 2 is 1.79 bits per heavy atom. The zero-order valence-electron chi connectivity index (χ0n) is 18.4. The van der Waals surface area contributed by atoms with Gasteiger partial charge in [-0.25, -0.2) is 9.97 Å². The summed E-state index contributed by atoms with van der Waals surface area (Å²) < 4.78 is 1.02. The number of nitrogens with one attached hydrogen (secondary N) is 1. The van der Waals surface area contributed by atoms with Crippen LogP contribution in [0.1, 0.15) is 26.6 Å². The van der Waals surface area contributed by atoms with E-state index in [0.717, 1.165) is 33.8 Å². The van der Waals surface area contributed by atoms with Gasteiger partial charge in [0.25, 0.3) is 11.8 Å². The normalized spacial score (nSPS) is 18.4. The summed E-state index contributed by atoms with van der Waals surface area (Å²) in [5.74, 6) is 0.0696. The van der Waals surface area contributed by atoms with Crippen molar-refractivity contribution >= 4 is 44.7 Å². The number of fused-ring (bicyclic) bond motifs is 1. The van der Waals surface area contributed by atoms with E-state index in [1.165, 1.54) is 11.3 Å². The minimum absolute atomic E-state index is 0.0126. The fraction of sp³-hybridized carbons (Fsp3) is 0.280. The molecule has 0 saturated carbocycles. The van der Waals surface area contributed by atoms with E-state index in [0.29, 0.717) is 30.2 Å². The van der Waals surface area contributed by atoms with Crippen LogP contribution in [0.3, 0.4) is 0 Å². The van der Waals surface area contributed by atoms with Gasteiger partial charge in [0.1, 0.15) is 5.01 Å². The third-order valence-electron chi connectivity index (χ3n) is 6.39. The fourth-order valence-electron chi connectivity index (χ4n) is 4.57. The molecule has 2 fully saturated rings. The van der Waals surface area contributed by atoms with Gasteiger partial charge in [0.05, 0.1) is 10.2 Å². The van der Waals surface area contributed by atoms with Crippen molar-refractivity contribution in [2.24, 2.45) is 0 Å².